The van der Waals surface area contributed by atoms with E-state index in [0.29, 0.717) is 12.2 Å². The molecule has 0 saturated heterocycles. The highest BCUT2D eigenvalue weighted by Gasteiger charge is 2.06. The molecule has 0 saturated carbocycles. The van der Waals surface area contributed by atoms with Gasteiger partial charge in [0.25, 0.3) is 0 Å². The highest BCUT2D eigenvalue weighted by molar-refractivity contribution is 5.78. The minimum Gasteiger partial charge on any atom is -0.504 e. The molecule has 0 fully saturated rings. The van der Waals surface area contributed by atoms with E-state index in [9.17, 15) is 9.90 Å². The molecule has 4 heteroatoms. The van der Waals surface area contributed by atoms with Crippen molar-refractivity contribution in [2.75, 3.05) is 13.7 Å². The van der Waals surface area contributed by atoms with Gasteiger partial charge in [-0.3, -0.25) is 4.79 Å². The molecule has 1 aromatic carbocycles. The summed E-state index contributed by atoms with van der Waals surface area (Å²) in [6.07, 6.45) is 3.60. The van der Waals surface area contributed by atoms with Gasteiger partial charge in [0.05, 0.1) is 13.5 Å². The van der Waals surface area contributed by atoms with Gasteiger partial charge in [0.2, 0.25) is 5.91 Å². The first-order valence-corrected chi connectivity index (χ1v) is 6.30. The van der Waals surface area contributed by atoms with Gasteiger partial charge in [0.15, 0.2) is 11.5 Å². The van der Waals surface area contributed by atoms with Gasteiger partial charge >= 0.3 is 0 Å². The molecular weight excluding hydrogens is 230 g/mol. The van der Waals surface area contributed by atoms with E-state index in [4.69, 9.17) is 4.74 Å². The van der Waals surface area contributed by atoms with Crippen LogP contribution in [0.5, 0.6) is 11.5 Å². The predicted molar refractivity (Wildman–Crippen MR) is 70.9 cm³/mol. The molecule has 1 rings (SSSR count). The number of methoxy groups -OCH3 is 1. The number of hydrogen-bond acceptors (Lipinski definition) is 3. The average molecular weight is 251 g/mol. The highest BCUT2D eigenvalue weighted by atomic mass is 16.5. The van der Waals surface area contributed by atoms with E-state index < -0.39 is 0 Å². The summed E-state index contributed by atoms with van der Waals surface area (Å²) < 4.78 is 5.00. The molecule has 18 heavy (non-hydrogen) atoms. The molecule has 0 radical (unpaired) electrons. The summed E-state index contributed by atoms with van der Waals surface area (Å²) in [5.41, 5.74) is 0.831. The van der Waals surface area contributed by atoms with Crippen LogP contribution >= 0.6 is 0 Å². The number of aromatic hydroxyl groups is 1. The third-order valence-electron chi connectivity index (χ3n) is 2.71. The van der Waals surface area contributed by atoms with Gasteiger partial charge in [0.1, 0.15) is 0 Å². The lowest BCUT2D eigenvalue weighted by Crippen LogP contribution is -2.26. The predicted octanol–water partition coefficient (Wildman–Crippen LogP) is 2.25. The summed E-state index contributed by atoms with van der Waals surface area (Å²) in [7, 11) is 1.49. The molecule has 0 aliphatic rings. The van der Waals surface area contributed by atoms with Crippen LogP contribution < -0.4 is 10.1 Å². The van der Waals surface area contributed by atoms with Crippen LogP contribution in [0.1, 0.15) is 31.7 Å². The number of phenolic OH excluding ortho intramolecular Hbond substituents is 1. The Morgan fingerprint density at radius 2 is 2.17 bits per heavy atom. The maximum absolute atomic E-state index is 11.6. The number of rotatable bonds is 7. The molecule has 0 aliphatic heterocycles. The second-order valence-corrected chi connectivity index (χ2v) is 4.24. The van der Waals surface area contributed by atoms with Crippen LogP contribution in [0.15, 0.2) is 18.2 Å². The van der Waals surface area contributed by atoms with Gasteiger partial charge < -0.3 is 15.2 Å². The zero-order chi connectivity index (χ0) is 13.4. The van der Waals surface area contributed by atoms with Crippen LogP contribution in [0.2, 0.25) is 0 Å². The van der Waals surface area contributed by atoms with E-state index in [1.54, 1.807) is 18.2 Å². The molecule has 0 atom stereocenters. The van der Waals surface area contributed by atoms with Gasteiger partial charge in [-0.2, -0.15) is 0 Å². The van der Waals surface area contributed by atoms with Crippen LogP contribution in [0.25, 0.3) is 0 Å². The summed E-state index contributed by atoms with van der Waals surface area (Å²) in [5, 5.41) is 12.3. The van der Waals surface area contributed by atoms with Gasteiger partial charge in [-0.1, -0.05) is 25.8 Å². The van der Waals surface area contributed by atoms with Crippen LogP contribution in [-0.2, 0) is 11.2 Å². The molecule has 0 aliphatic carbocycles. The fraction of sp³-hybridized carbons (Fsp3) is 0.500. The summed E-state index contributed by atoms with van der Waals surface area (Å²) in [6, 6.07) is 4.95. The van der Waals surface area contributed by atoms with E-state index >= 15 is 0 Å². The highest BCUT2D eigenvalue weighted by Crippen LogP contribution is 2.26. The lowest BCUT2D eigenvalue weighted by Gasteiger charge is -2.07. The van der Waals surface area contributed by atoms with Crippen LogP contribution in [0.4, 0.5) is 0 Å². The van der Waals surface area contributed by atoms with E-state index in [1.807, 2.05) is 0 Å². The van der Waals surface area contributed by atoms with Crippen molar-refractivity contribution in [1.82, 2.24) is 5.32 Å². The second kappa shape index (κ2) is 7.58. The Hall–Kier alpha value is -1.71. The first-order valence-electron chi connectivity index (χ1n) is 6.30. The SMILES string of the molecule is CCCCCNC(=O)Cc1ccc(O)c(OC)c1. The standard InChI is InChI=1S/C14H21NO3/c1-3-4-5-8-15-14(17)10-11-6-7-12(16)13(9-11)18-2/h6-7,9,16H,3-5,8,10H2,1-2H3,(H,15,17). The molecule has 1 aromatic rings. The summed E-state index contributed by atoms with van der Waals surface area (Å²) in [5.74, 6) is 0.481. The van der Waals surface area contributed by atoms with E-state index in [1.165, 1.54) is 7.11 Å². The number of nitrogens with one attached hydrogen (secondary N) is 1. The topological polar surface area (TPSA) is 58.6 Å². The molecule has 0 heterocycles. The maximum atomic E-state index is 11.6. The fourth-order valence-electron chi connectivity index (χ4n) is 1.68. The molecule has 0 unspecified atom stereocenters. The number of hydrogen-bond donors (Lipinski definition) is 2. The van der Waals surface area contributed by atoms with E-state index in [0.717, 1.165) is 31.4 Å². The average Bonchev–Trinajstić information content (AvgIpc) is 2.37. The monoisotopic (exact) mass is 251 g/mol. The fourth-order valence-corrected chi connectivity index (χ4v) is 1.68. The first-order chi connectivity index (χ1) is 8.67. The van der Waals surface area contributed by atoms with Crippen LogP contribution in [0, 0.1) is 0 Å². The smallest absolute Gasteiger partial charge is 0.224 e. The summed E-state index contributed by atoms with van der Waals surface area (Å²) >= 11 is 0. The Kier molecular flexibility index (Phi) is 6.05. The largest absolute Gasteiger partial charge is 0.504 e. The first kappa shape index (κ1) is 14.4. The number of benzene rings is 1. The number of phenols is 1. The Balaban J connectivity index is 2.44. The third kappa shape index (κ3) is 4.65. The Morgan fingerprint density at radius 3 is 2.83 bits per heavy atom. The third-order valence-corrected chi connectivity index (χ3v) is 2.71. The minimum absolute atomic E-state index is 0.00107. The van der Waals surface area contributed by atoms with Gasteiger partial charge in [0, 0.05) is 6.54 Å². The molecule has 100 valence electrons. The van der Waals surface area contributed by atoms with Crippen LogP contribution in [0.3, 0.4) is 0 Å². The van der Waals surface area contributed by atoms with Crippen molar-refractivity contribution in [3.63, 3.8) is 0 Å². The van der Waals surface area contributed by atoms with Crippen LogP contribution in [-0.4, -0.2) is 24.7 Å². The Morgan fingerprint density at radius 1 is 1.39 bits per heavy atom. The van der Waals surface area contributed by atoms with Gasteiger partial charge in [-0.05, 0) is 24.1 Å². The number of amides is 1. The van der Waals surface area contributed by atoms with E-state index in [2.05, 4.69) is 12.2 Å². The lowest BCUT2D eigenvalue weighted by molar-refractivity contribution is -0.120. The Labute approximate surface area is 108 Å². The number of carbonyl (C=O) groups is 1. The Bertz CT molecular complexity index is 391. The van der Waals surface area contributed by atoms with Crippen molar-refractivity contribution in [3.8, 4) is 11.5 Å². The maximum Gasteiger partial charge on any atom is 0.224 e. The number of carbonyl (C=O) groups excluding carboxylic acids is 1. The quantitative estimate of drug-likeness (QED) is 0.731. The van der Waals surface area contributed by atoms with Crippen molar-refractivity contribution in [3.05, 3.63) is 23.8 Å². The molecular formula is C14H21NO3. The number of ether oxygens (including phenoxy) is 1. The normalized spacial score (nSPS) is 10.1. The van der Waals surface area contributed by atoms with Gasteiger partial charge in [-0.15, -0.1) is 0 Å². The lowest BCUT2D eigenvalue weighted by atomic mass is 10.1. The van der Waals surface area contributed by atoms with Crippen molar-refractivity contribution in [1.29, 1.82) is 0 Å². The number of unbranched alkanes of at least 4 members (excludes halogenated alkanes) is 2. The molecule has 4 nitrogen and oxygen atoms in total. The minimum atomic E-state index is -0.00107. The zero-order valence-electron chi connectivity index (χ0n) is 11.0. The summed E-state index contributed by atoms with van der Waals surface area (Å²) in [6.45, 7) is 2.85. The van der Waals surface area contributed by atoms with Crippen molar-refractivity contribution in [2.24, 2.45) is 0 Å². The van der Waals surface area contributed by atoms with Crippen molar-refractivity contribution in [2.45, 2.75) is 32.6 Å². The molecule has 2 N–H and O–H groups in total. The van der Waals surface area contributed by atoms with E-state index in [-0.39, 0.29) is 11.7 Å². The molecule has 0 bridgehead atoms. The molecule has 1 amide bonds. The van der Waals surface area contributed by atoms with Gasteiger partial charge in [-0.25, -0.2) is 0 Å². The summed E-state index contributed by atoms with van der Waals surface area (Å²) in [4.78, 5) is 11.6. The second-order valence-electron chi connectivity index (χ2n) is 4.24. The van der Waals surface area contributed by atoms with Crippen molar-refractivity contribution < 1.29 is 14.6 Å². The zero-order valence-corrected chi connectivity index (χ0v) is 11.0. The molecule has 0 aromatic heterocycles. The van der Waals surface area contributed by atoms with Crippen molar-refractivity contribution >= 4 is 5.91 Å². The molecule has 0 spiro atoms.